The maximum Gasteiger partial charge on any atom is 0.303 e. The molecule has 0 bridgehead atoms. The third-order valence-electron chi connectivity index (χ3n) is 3.29. The van der Waals surface area contributed by atoms with Crippen LogP contribution in [0.2, 0.25) is 0 Å². The van der Waals surface area contributed by atoms with Gasteiger partial charge in [0.15, 0.2) is 0 Å². The SMILES string of the molecule is NC(CCC(=O)O)Cc1ccc(-c2ccccc2)cc1. The normalized spacial score (nSPS) is 12.1. The zero-order chi connectivity index (χ0) is 14.4. The van der Waals surface area contributed by atoms with Crippen molar-refractivity contribution in [1.82, 2.24) is 0 Å². The summed E-state index contributed by atoms with van der Waals surface area (Å²) >= 11 is 0. The zero-order valence-electron chi connectivity index (χ0n) is 11.3. The van der Waals surface area contributed by atoms with Gasteiger partial charge in [0.05, 0.1) is 0 Å². The third-order valence-corrected chi connectivity index (χ3v) is 3.29. The quantitative estimate of drug-likeness (QED) is 0.847. The molecule has 0 fully saturated rings. The lowest BCUT2D eigenvalue weighted by molar-refractivity contribution is -0.137. The Morgan fingerprint density at radius 2 is 1.60 bits per heavy atom. The van der Waals surface area contributed by atoms with Gasteiger partial charge in [-0.05, 0) is 29.5 Å². The maximum atomic E-state index is 10.5. The fraction of sp³-hybridized carbons (Fsp3) is 0.235. The molecule has 0 saturated carbocycles. The Labute approximate surface area is 119 Å². The average Bonchev–Trinajstić information content (AvgIpc) is 2.47. The van der Waals surface area contributed by atoms with Crippen molar-refractivity contribution in [1.29, 1.82) is 0 Å². The molecule has 0 aromatic heterocycles. The number of aliphatic carboxylic acids is 1. The molecule has 0 spiro atoms. The standard InChI is InChI=1S/C17H19NO2/c18-16(10-11-17(19)20)12-13-6-8-15(9-7-13)14-4-2-1-3-5-14/h1-9,16H,10-12,18H2,(H,19,20). The van der Waals surface area contributed by atoms with Gasteiger partial charge in [-0.3, -0.25) is 4.79 Å². The second-order valence-electron chi connectivity index (χ2n) is 4.96. The van der Waals surface area contributed by atoms with Gasteiger partial charge < -0.3 is 10.8 Å². The maximum absolute atomic E-state index is 10.5. The summed E-state index contributed by atoms with van der Waals surface area (Å²) in [4.78, 5) is 10.5. The Morgan fingerprint density at radius 1 is 1.00 bits per heavy atom. The topological polar surface area (TPSA) is 63.3 Å². The predicted molar refractivity (Wildman–Crippen MR) is 80.4 cm³/mol. The van der Waals surface area contributed by atoms with E-state index in [0.717, 1.165) is 5.56 Å². The first-order valence-corrected chi connectivity index (χ1v) is 6.77. The van der Waals surface area contributed by atoms with Crippen molar-refractivity contribution in [2.24, 2.45) is 5.73 Å². The summed E-state index contributed by atoms with van der Waals surface area (Å²) in [6, 6.07) is 18.4. The molecule has 2 aromatic carbocycles. The summed E-state index contributed by atoms with van der Waals surface area (Å²) in [5.74, 6) is -0.792. The van der Waals surface area contributed by atoms with Gasteiger partial charge in [0.25, 0.3) is 0 Å². The smallest absolute Gasteiger partial charge is 0.303 e. The van der Waals surface area contributed by atoms with E-state index in [4.69, 9.17) is 10.8 Å². The van der Waals surface area contributed by atoms with Crippen LogP contribution in [0.15, 0.2) is 54.6 Å². The Kier molecular flexibility index (Phi) is 4.91. The van der Waals surface area contributed by atoms with E-state index in [-0.39, 0.29) is 12.5 Å². The van der Waals surface area contributed by atoms with Crippen LogP contribution < -0.4 is 5.73 Å². The van der Waals surface area contributed by atoms with Crippen LogP contribution in [0.5, 0.6) is 0 Å². The van der Waals surface area contributed by atoms with Gasteiger partial charge in [0.1, 0.15) is 0 Å². The van der Waals surface area contributed by atoms with Crippen LogP contribution in [0.25, 0.3) is 11.1 Å². The minimum absolute atomic E-state index is 0.103. The highest BCUT2D eigenvalue weighted by Gasteiger charge is 2.07. The third kappa shape index (κ3) is 4.21. The molecular formula is C17H19NO2. The summed E-state index contributed by atoms with van der Waals surface area (Å²) in [5.41, 5.74) is 9.44. The van der Waals surface area contributed by atoms with Crippen molar-refractivity contribution >= 4 is 5.97 Å². The first kappa shape index (κ1) is 14.3. The van der Waals surface area contributed by atoms with Crippen molar-refractivity contribution in [2.75, 3.05) is 0 Å². The Morgan fingerprint density at radius 3 is 2.20 bits per heavy atom. The van der Waals surface area contributed by atoms with Gasteiger partial charge in [-0.1, -0.05) is 54.6 Å². The molecule has 0 aliphatic rings. The van der Waals surface area contributed by atoms with Crippen LogP contribution in [0.3, 0.4) is 0 Å². The average molecular weight is 269 g/mol. The van der Waals surface area contributed by atoms with E-state index in [1.165, 1.54) is 11.1 Å². The molecule has 2 aromatic rings. The van der Waals surface area contributed by atoms with E-state index in [1.54, 1.807) is 0 Å². The van der Waals surface area contributed by atoms with E-state index in [9.17, 15) is 4.79 Å². The zero-order valence-corrected chi connectivity index (χ0v) is 11.3. The van der Waals surface area contributed by atoms with Crippen molar-refractivity contribution in [2.45, 2.75) is 25.3 Å². The van der Waals surface area contributed by atoms with Crippen LogP contribution >= 0.6 is 0 Å². The second-order valence-corrected chi connectivity index (χ2v) is 4.96. The minimum Gasteiger partial charge on any atom is -0.481 e. The molecule has 3 nitrogen and oxygen atoms in total. The van der Waals surface area contributed by atoms with Crippen LogP contribution in [0, 0.1) is 0 Å². The molecule has 3 heteroatoms. The lowest BCUT2D eigenvalue weighted by atomic mass is 9.99. The highest BCUT2D eigenvalue weighted by atomic mass is 16.4. The molecule has 0 heterocycles. The van der Waals surface area contributed by atoms with Gasteiger partial charge in [-0.25, -0.2) is 0 Å². The first-order chi connectivity index (χ1) is 9.65. The second kappa shape index (κ2) is 6.87. The summed E-state index contributed by atoms with van der Waals surface area (Å²) in [7, 11) is 0. The number of carboxylic acid groups (broad SMARTS) is 1. The molecular weight excluding hydrogens is 250 g/mol. The van der Waals surface area contributed by atoms with Crippen LogP contribution in [0.1, 0.15) is 18.4 Å². The number of benzene rings is 2. The number of carboxylic acids is 1. The molecule has 0 radical (unpaired) electrons. The molecule has 2 rings (SSSR count). The molecule has 3 N–H and O–H groups in total. The molecule has 1 unspecified atom stereocenters. The van der Waals surface area contributed by atoms with E-state index in [0.29, 0.717) is 12.8 Å². The van der Waals surface area contributed by atoms with E-state index in [2.05, 4.69) is 36.4 Å². The highest BCUT2D eigenvalue weighted by molar-refractivity contribution is 5.66. The summed E-state index contributed by atoms with van der Waals surface area (Å²) in [5, 5.41) is 8.64. The van der Waals surface area contributed by atoms with Crippen molar-refractivity contribution in [3.05, 3.63) is 60.2 Å². The van der Waals surface area contributed by atoms with Gasteiger partial charge in [-0.2, -0.15) is 0 Å². The fourth-order valence-corrected chi connectivity index (χ4v) is 2.18. The fourth-order valence-electron chi connectivity index (χ4n) is 2.18. The van der Waals surface area contributed by atoms with E-state index < -0.39 is 5.97 Å². The molecule has 0 saturated heterocycles. The number of carbonyl (C=O) groups is 1. The Bertz CT molecular complexity index is 549. The summed E-state index contributed by atoms with van der Waals surface area (Å²) in [6.45, 7) is 0. The minimum atomic E-state index is -0.792. The van der Waals surface area contributed by atoms with E-state index in [1.807, 2.05) is 18.2 Å². The number of nitrogens with two attached hydrogens (primary N) is 1. The largest absolute Gasteiger partial charge is 0.481 e. The summed E-state index contributed by atoms with van der Waals surface area (Å²) in [6.07, 6.45) is 1.35. The molecule has 0 amide bonds. The lowest BCUT2D eigenvalue weighted by Crippen LogP contribution is -2.23. The van der Waals surface area contributed by atoms with Crippen molar-refractivity contribution in [3.63, 3.8) is 0 Å². The monoisotopic (exact) mass is 269 g/mol. The Hall–Kier alpha value is -2.13. The molecule has 0 aliphatic heterocycles. The molecule has 1 atom stereocenters. The molecule has 0 aliphatic carbocycles. The van der Waals surface area contributed by atoms with Gasteiger partial charge in [-0.15, -0.1) is 0 Å². The predicted octanol–water partition coefficient (Wildman–Crippen LogP) is 3.09. The number of hydrogen-bond acceptors (Lipinski definition) is 2. The lowest BCUT2D eigenvalue weighted by Gasteiger charge is -2.11. The van der Waals surface area contributed by atoms with Crippen LogP contribution in [0.4, 0.5) is 0 Å². The van der Waals surface area contributed by atoms with E-state index >= 15 is 0 Å². The van der Waals surface area contributed by atoms with Crippen LogP contribution in [-0.2, 0) is 11.2 Å². The number of hydrogen-bond donors (Lipinski definition) is 2. The number of rotatable bonds is 6. The van der Waals surface area contributed by atoms with Gasteiger partial charge >= 0.3 is 5.97 Å². The van der Waals surface area contributed by atoms with Gasteiger partial charge in [0, 0.05) is 12.5 Å². The van der Waals surface area contributed by atoms with Crippen LogP contribution in [-0.4, -0.2) is 17.1 Å². The molecule has 104 valence electrons. The Balaban J connectivity index is 1.96. The summed E-state index contributed by atoms with van der Waals surface area (Å²) < 4.78 is 0. The van der Waals surface area contributed by atoms with Gasteiger partial charge in [0.2, 0.25) is 0 Å². The molecule has 20 heavy (non-hydrogen) atoms. The first-order valence-electron chi connectivity index (χ1n) is 6.77. The highest BCUT2D eigenvalue weighted by Crippen LogP contribution is 2.19. The van der Waals surface area contributed by atoms with Crippen molar-refractivity contribution < 1.29 is 9.90 Å². The van der Waals surface area contributed by atoms with Crippen molar-refractivity contribution in [3.8, 4) is 11.1 Å².